The van der Waals surface area contributed by atoms with Gasteiger partial charge in [0, 0.05) is 17.5 Å². The molecule has 1 aromatic carbocycles. The second-order valence-corrected chi connectivity index (χ2v) is 4.32. The van der Waals surface area contributed by atoms with Crippen LogP contribution in [0.5, 0.6) is 11.5 Å². The smallest absolute Gasteiger partial charge is 0.164 e. The molecular formula is C12H15NO2. The second kappa shape index (κ2) is 3.42. The van der Waals surface area contributed by atoms with E-state index in [1.165, 1.54) is 18.4 Å². The molecular weight excluding hydrogens is 190 g/mol. The highest BCUT2D eigenvalue weighted by Gasteiger charge is 2.33. The quantitative estimate of drug-likeness (QED) is 0.676. The SMILES string of the molecule is Oc1cccc2c1OC[C@H]1NCCC[C@H]21. The van der Waals surface area contributed by atoms with Gasteiger partial charge in [0.1, 0.15) is 6.61 Å². The molecule has 0 saturated carbocycles. The van der Waals surface area contributed by atoms with Crippen molar-refractivity contribution in [1.29, 1.82) is 0 Å². The number of phenolic OH excluding ortho intramolecular Hbond substituents is 1. The molecule has 1 saturated heterocycles. The van der Waals surface area contributed by atoms with E-state index in [1.54, 1.807) is 6.07 Å². The first-order chi connectivity index (χ1) is 7.36. The highest BCUT2D eigenvalue weighted by molar-refractivity contribution is 5.49. The van der Waals surface area contributed by atoms with Gasteiger partial charge in [-0.2, -0.15) is 0 Å². The van der Waals surface area contributed by atoms with Crippen LogP contribution in [0.3, 0.4) is 0 Å². The molecule has 0 radical (unpaired) electrons. The molecule has 0 aromatic heterocycles. The maximum Gasteiger partial charge on any atom is 0.164 e. The highest BCUT2D eigenvalue weighted by atomic mass is 16.5. The standard InChI is InChI=1S/C12H15NO2/c14-11-5-1-3-9-8-4-2-6-13-10(8)7-15-12(9)11/h1,3,5,8,10,13-14H,2,4,6-7H2/t8-,10-/m1/s1. The average Bonchev–Trinajstić information content (AvgIpc) is 2.29. The predicted octanol–water partition coefficient (Wildman–Crippen LogP) is 1.62. The summed E-state index contributed by atoms with van der Waals surface area (Å²) in [6, 6.07) is 6.08. The molecule has 2 heterocycles. The topological polar surface area (TPSA) is 41.5 Å². The van der Waals surface area contributed by atoms with Crippen LogP contribution >= 0.6 is 0 Å². The number of hydrogen-bond acceptors (Lipinski definition) is 3. The van der Waals surface area contributed by atoms with Crippen LogP contribution in [0.4, 0.5) is 0 Å². The first-order valence-electron chi connectivity index (χ1n) is 5.54. The summed E-state index contributed by atoms with van der Waals surface area (Å²) in [6.07, 6.45) is 2.40. The Balaban J connectivity index is 2.03. The maximum atomic E-state index is 9.70. The largest absolute Gasteiger partial charge is 0.504 e. The molecule has 80 valence electrons. The lowest BCUT2D eigenvalue weighted by Crippen LogP contribution is -2.46. The summed E-state index contributed by atoms with van der Waals surface area (Å²) in [5.74, 6) is 1.48. The Kier molecular flexibility index (Phi) is 2.06. The number of piperidine rings is 1. The number of nitrogens with one attached hydrogen (secondary N) is 1. The molecule has 0 spiro atoms. The number of benzene rings is 1. The van der Waals surface area contributed by atoms with E-state index in [9.17, 15) is 5.11 Å². The van der Waals surface area contributed by atoms with Crippen LogP contribution in [-0.2, 0) is 0 Å². The van der Waals surface area contributed by atoms with Crippen LogP contribution in [0, 0.1) is 0 Å². The average molecular weight is 205 g/mol. The summed E-state index contributed by atoms with van der Waals surface area (Å²) >= 11 is 0. The lowest BCUT2D eigenvalue weighted by molar-refractivity contribution is 0.184. The fourth-order valence-corrected chi connectivity index (χ4v) is 2.66. The van der Waals surface area contributed by atoms with Crippen LogP contribution in [0.15, 0.2) is 18.2 Å². The Bertz CT molecular complexity index is 378. The predicted molar refractivity (Wildman–Crippen MR) is 57.4 cm³/mol. The second-order valence-electron chi connectivity index (χ2n) is 4.32. The fraction of sp³-hybridized carbons (Fsp3) is 0.500. The molecule has 3 rings (SSSR count). The number of rotatable bonds is 0. The van der Waals surface area contributed by atoms with E-state index in [2.05, 4.69) is 11.4 Å². The number of ether oxygens (including phenoxy) is 1. The van der Waals surface area contributed by atoms with Crippen molar-refractivity contribution >= 4 is 0 Å². The lowest BCUT2D eigenvalue weighted by Gasteiger charge is -2.37. The maximum absolute atomic E-state index is 9.70. The highest BCUT2D eigenvalue weighted by Crippen LogP contribution is 2.42. The summed E-state index contributed by atoms with van der Waals surface area (Å²) < 4.78 is 5.61. The third kappa shape index (κ3) is 1.38. The van der Waals surface area contributed by atoms with E-state index in [1.807, 2.05) is 6.07 Å². The van der Waals surface area contributed by atoms with Gasteiger partial charge in [-0.15, -0.1) is 0 Å². The Morgan fingerprint density at radius 3 is 3.27 bits per heavy atom. The number of aromatic hydroxyl groups is 1. The van der Waals surface area contributed by atoms with Gasteiger partial charge in [0.2, 0.25) is 0 Å². The molecule has 2 N–H and O–H groups in total. The first-order valence-corrected chi connectivity index (χ1v) is 5.54. The molecule has 1 fully saturated rings. The van der Waals surface area contributed by atoms with Gasteiger partial charge in [-0.3, -0.25) is 0 Å². The molecule has 3 nitrogen and oxygen atoms in total. The summed E-state index contributed by atoms with van der Waals surface area (Å²) in [4.78, 5) is 0. The molecule has 15 heavy (non-hydrogen) atoms. The number of para-hydroxylation sites is 1. The zero-order valence-electron chi connectivity index (χ0n) is 8.57. The first kappa shape index (κ1) is 9.04. The van der Waals surface area contributed by atoms with Gasteiger partial charge in [0.15, 0.2) is 11.5 Å². The lowest BCUT2D eigenvalue weighted by atomic mass is 9.83. The van der Waals surface area contributed by atoms with Crippen molar-refractivity contribution in [3.8, 4) is 11.5 Å². The molecule has 0 aliphatic carbocycles. The normalized spacial score (nSPS) is 28.8. The van der Waals surface area contributed by atoms with Crippen LogP contribution in [0.2, 0.25) is 0 Å². The van der Waals surface area contributed by atoms with Crippen LogP contribution in [0.1, 0.15) is 24.3 Å². The number of fused-ring (bicyclic) bond motifs is 3. The summed E-state index contributed by atoms with van der Waals surface area (Å²) in [7, 11) is 0. The monoisotopic (exact) mass is 205 g/mol. The minimum atomic E-state index is 0.275. The van der Waals surface area contributed by atoms with Gasteiger partial charge in [-0.1, -0.05) is 12.1 Å². The van der Waals surface area contributed by atoms with Gasteiger partial charge in [-0.05, 0) is 25.5 Å². The van der Waals surface area contributed by atoms with Crippen molar-refractivity contribution < 1.29 is 9.84 Å². The van der Waals surface area contributed by atoms with Crippen LogP contribution in [-0.4, -0.2) is 24.3 Å². The van der Waals surface area contributed by atoms with Gasteiger partial charge in [-0.25, -0.2) is 0 Å². The minimum Gasteiger partial charge on any atom is -0.504 e. The fourth-order valence-electron chi connectivity index (χ4n) is 2.66. The van der Waals surface area contributed by atoms with Crippen molar-refractivity contribution in [2.24, 2.45) is 0 Å². The van der Waals surface area contributed by atoms with Gasteiger partial charge < -0.3 is 15.2 Å². The van der Waals surface area contributed by atoms with Crippen molar-refractivity contribution in [2.45, 2.75) is 24.8 Å². The zero-order valence-corrected chi connectivity index (χ0v) is 8.57. The van der Waals surface area contributed by atoms with E-state index in [4.69, 9.17) is 4.74 Å². The summed E-state index contributed by atoms with van der Waals surface area (Å²) in [6.45, 7) is 1.76. The summed E-state index contributed by atoms with van der Waals surface area (Å²) in [5.41, 5.74) is 1.17. The molecule has 2 aliphatic heterocycles. The third-order valence-corrected chi connectivity index (χ3v) is 3.42. The van der Waals surface area contributed by atoms with E-state index >= 15 is 0 Å². The van der Waals surface area contributed by atoms with Gasteiger partial charge >= 0.3 is 0 Å². The minimum absolute atomic E-state index is 0.275. The van der Waals surface area contributed by atoms with Crippen molar-refractivity contribution in [1.82, 2.24) is 5.32 Å². The van der Waals surface area contributed by atoms with E-state index in [0.29, 0.717) is 24.3 Å². The van der Waals surface area contributed by atoms with Crippen molar-refractivity contribution in [3.05, 3.63) is 23.8 Å². The van der Waals surface area contributed by atoms with Crippen molar-refractivity contribution in [3.63, 3.8) is 0 Å². The summed E-state index contributed by atoms with van der Waals surface area (Å²) in [5, 5.41) is 13.2. The van der Waals surface area contributed by atoms with E-state index in [-0.39, 0.29) is 5.75 Å². The Morgan fingerprint density at radius 1 is 1.40 bits per heavy atom. The van der Waals surface area contributed by atoms with Crippen molar-refractivity contribution in [2.75, 3.05) is 13.2 Å². The molecule has 3 heteroatoms. The Labute approximate surface area is 89.1 Å². The molecule has 1 aromatic rings. The van der Waals surface area contributed by atoms with E-state index < -0.39 is 0 Å². The van der Waals surface area contributed by atoms with Gasteiger partial charge in [0.25, 0.3) is 0 Å². The molecule has 0 unspecified atom stereocenters. The van der Waals surface area contributed by atoms with E-state index in [0.717, 1.165) is 6.54 Å². The third-order valence-electron chi connectivity index (χ3n) is 3.42. The molecule has 2 aliphatic rings. The molecule has 0 amide bonds. The molecule has 0 bridgehead atoms. The number of phenols is 1. The Hall–Kier alpha value is -1.22. The Morgan fingerprint density at radius 2 is 2.33 bits per heavy atom. The molecule has 2 atom stereocenters. The zero-order chi connectivity index (χ0) is 10.3. The van der Waals surface area contributed by atoms with Crippen LogP contribution in [0.25, 0.3) is 0 Å². The van der Waals surface area contributed by atoms with Gasteiger partial charge in [0.05, 0.1) is 0 Å². The van der Waals surface area contributed by atoms with Crippen LogP contribution < -0.4 is 10.1 Å². The number of hydrogen-bond donors (Lipinski definition) is 2.